The molecule has 1 aliphatic heterocycles. The molecule has 1 atom stereocenters. The lowest BCUT2D eigenvalue weighted by Gasteiger charge is -2.30. The van der Waals surface area contributed by atoms with Crippen molar-refractivity contribution in [2.45, 2.75) is 42.7 Å². The van der Waals surface area contributed by atoms with Gasteiger partial charge >= 0.3 is 0 Å². The van der Waals surface area contributed by atoms with Crippen molar-refractivity contribution in [2.24, 2.45) is 5.92 Å². The van der Waals surface area contributed by atoms with Gasteiger partial charge < -0.3 is 0 Å². The summed E-state index contributed by atoms with van der Waals surface area (Å²) in [5.74, 6) is 0.286. The van der Waals surface area contributed by atoms with E-state index >= 15 is 0 Å². The van der Waals surface area contributed by atoms with Crippen LogP contribution in [0, 0.1) is 19.8 Å². The van der Waals surface area contributed by atoms with Crippen molar-refractivity contribution in [3.63, 3.8) is 0 Å². The second-order valence-corrected chi connectivity index (χ2v) is 11.2. The third-order valence-electron chi connectivity index (χ3n) is 4.38. The predicted octanol–water partition coefficient (Wildman–Crippen LogP) is 2.22. The Bertz CT molecular complexity index is 976. The number of hydrogen-bond acceptors (Lipinski definition) is 6. The highest BCUT2D eigenvalue weighted by molar-refractivity contribution is 7.92. The van der Waals surface area contributed by atoms with Crippen LogP contribution in [0.2, 0.25) is 0 Å². The van der Waals surface area contributed by atoms with E-state index in [1.807, 2.05) is 6.92 Å². The number of hydrogen-bond donors (Lipinski definition) is 0. The maximum Gasteiger partial charge on any atom is 0.292 e. The second-order valence-electron chi connectivity index (χ2n) is 6.39. The van der Waals surface area contributed by atoms with E-state index in [1.54, 1.807) is 11.4 Å². The molecule has 0 unspecified atom stereocenters. The molecule has 1 fully saturated rings. The average Bonchev–Trinajstić information content (AvgIpc) is 3.16. The maximum atomic E-state index is 13.1. The smallest absolute Gasteiger partial charge is 0.207 e. The van der Waals surface area contributed by atoms with Gasteiger partial charge in [-0.3, -0.25) is 0 Å². The fourth-order valence-corrected chi connectivity index (χ4v) is 7.63. The number of nitrogens with zero attached hydrogens (tertiary/aromatic N) is 3. The van der Waals surface area contributed by atoms with Crippen LogP contribution in [0.25, 0.3) is 0 Å². The van der Waals surface area contributed by atoms with Crippen molar-refractivity contribution >= 4 is 31.4 Å². The molecule has 0 aliphatic carbocycles. The van der Waals surface area contributed by atoms with Crippen LogP contribution >= 0.6 is 11.3 Å². The summed E-state index contributed by atoms with van der Waals surface area (Å²) in [4.78, 5) is 0.00160. The molecular formula is C15H21N3O4S3. The molecule has 7 nitrogen and oxygen atoms in total. The lowest BCUT2D eigenvalue weighted by Crippen LogP contribution is -2.39. The lowest BCUT2D eigenvalue weighted by molar-refractivity contribution is 0.281. The maximum absolute atomic E-state index is 13.1. The number of piperidine rings is 1. The third kappa shape index (κ3) is 3.16. The van der Waals surface area contributed by atoms with Crippen LogP contribution in [0.15, 0.2) is 26.6 Å². The first-order chi connectivity index (χ1) is 11.7. The third-order valence-corrected chi connectivity index (χ3v) is 9.54. The van der Waals surface area contributed by atoms with E-state index in [1.165, 1.54) is 24.2 Å². The highest BCUT2D eigenvalue weighted by Crippen LogP contribution is 2.30. The molecule has 0 spiro atoms. The van der Waals surface area contributed by atoms with Gasteiger partial charge in [0.15, 0.2) is 0 Å². The second kappa shape index (κ2) is 6.49. The summed E-state index contributed by atoms with van der Waals surface area (Å²) < 4.78 is 54.1. The molecule has 2 aromatic heterocycles. The van der Waals surface area contributed by atoms with Crippen molar-refractivity contribution in [1.29, 1.82) is 0 Å². The molecular weight excluding hydrogens is 382 g/mol. The van der Waals surface area contributed by atoms with Gasteiger partial charge in [0.25, 0.3) is 10.0 Å². The van der Waals surface area contributed by atoms with E-state index in [0.717, 1.165) is 28.3 Å². The predicted molar refractivity (Wildman–Crippen MR) is 95.8 cm³/mol. The Morgan fingerprint density at radius 2 is 1.92 bits per heavy atom. The van der Waals surface area contributed by atoms with Gasteiger partial charge in [-0.15, -0.1) is 11.3 Å². The first-order valence-electron chi connectivity index (χ1n) is 8.01. The minimum Gasteiger partial charge on any atom is -0.207 e. The topological polar surface area (TPSA) is 89.3 Å². The Kier molecular flexibility index (Phi) is 4.82. The van der Waals surface area contributed by atoms with E-state index in [9.17, 15) is 16.8 Å². The van der Waals surface area contributed by atoms with Crippen LogP contribution in [0.5, 0.6) is 0 Å². The van der Waals surface area contributed by atoms with E-state index < -0.39 is 20.0 Å². The summed E-state index contributed by atoms with van der Waals surface area (Å²) in [5.41, 5.74) is 0.333. The Balaban J connectivity index is 2.09. The van der Waals surface area contributed by atoms with E-state index in [0.29, 0.717) is 13.1 Å². The standard InChI is InChI=1S/C15H21N3O4S3/c1-11-6-4-8-17(10-11)25(21,22)15-12(2)16-18(13(15)3)24(19,20)14-7-5-9-23-14/h5,7,9,11H,4,6,8,10H2,1-3H3/t11-/m1/s1. The summed E-state index contributed by atoms with van der Waals surface area (Å²) in [6.07, 6.45) is 1.80. The quantitative estimate of drug-likeness (QED) is 0.781. The van der Waals surface area contributed by atoms with Crippen LogP contribution < -0.4 is 0 Å². The van der Waals surface area contributed by atoms with Crippen molar-refractivity contribution in [1.82, 2.24) is 13.5 Å². The zero-order valence-corrected chi connectivity index (χ0v) is 16.8. The molecule has 0 amide bonds. The molecule has 10 heteroatoms. The van der Waals surface area contributed by atoms with Crippen LogP contribution in [0.1, 0.15) is 31.2 Å². The summed E-state index contributed by atoms with van der Waals surface area (Å²) in [7, 11) is -7.66. The van der Waals surface area contributed by atoms with Gasteiger partial charge in [-0.05, 0) is 44.1 Å². The molecule has 2 aromatic rings. The van der Waals surface area contributed by atoms with E-state index in [-0.39, 0.29) is 26.4 Å². The highest BCUT2D eigenvalue weighted by atomic mass is 32.2. The Morgan fingerprint density at radius 3 is 2.52 bits per heavy atom. The van der Waals surface area contributed by atoms with Gasteiger partial charge in [-0.25, -0.2) is 8.42 Å². The highest BCUT2D eigenvalue weighted by Gasteiger charge is 2.35. The minimum atomic E-state index is -3.89. The molecule has 138 valence electrons. The molecule has 3 heterocycles. The first-order valence-corrected chi connectivity index (χ1v) is 11.8. The van der Waals surface area contributed by atoms with Crippen molar-refractivity contribution < 1.29 is 16.8 Å². The minimum absolute atomic E-state index is 0.00160. The van der Waals surface area contributed by atoms with E-state index in [4.69, 9.17) is 0 Å². The van der Waals surface area contributed by atoms with Gasteiger partial charge in [0.2, 0.25) is 10.0 Å². The molecule has 0 aromatic carbocycles. The van der Waals surface area contributed by atoms with Crippen molar-refractivity contribution in [2.75, 3.05) is 13.1 Å². The SMILES string of the molecule is Cc1nn(S(=O)(=O)c2cccs2)c(C)c1S(=O)(=O)N1CCC[C@@H](C)C1. The Labute approximate surface area is 152 Å². The summed E-state index contributed by atoms with van der Waals surface area (Å²) in [6, 6.07) is 3.12. The number of aromatic nitrogens is 2. The van der Waals surface area contributed by atoms with Crippen molar-refractivity contribution in [3.8, 4) is 0 Å². The number of rotatable bonds is 4. The lowest BCUT2D eigenvalue weighted by atomic mass is 10.0. The number of thiophene rings is 1. The average molecular weight is 404 g/mol. The van der Waals surface area contributed by atoms with Crippen LogP contribution in [-0.2, 0) is 20.0 Å². The monoisotopic (exact) mass is 403 g/mol. The van der Waals surface area contributed by atoms with Crippen LogP contribution in [0.4, 0.5) is 0 Å². The number of aryl methyl sites for hydroxylation is 1. The normalized spacial score (nSPS) is 20.0. The molecule has 0 bridgehead atoms. The fraction of sp³-hybridized carbons (Fsp3) is 0.533. The molecule has 0 saturated carbocycles. The Hall–Kier alpha value is -1.23. The fourth-order valence-electron chi connectivity index (χ4n) is 3.20. The molecule has 1 aliphatic rings. The Morgan fingerprint density at radius 1 is 1.20 bits per heavy atom. The van der Waals surface area contributed by atoms with Crippen LogP contribution in [-0.4, -0.2) is 43.4 Å². The summed E-state index contributed by atoms with van der Waals surface area (Å²) in [5, 5.41) is 5.71. The molecule has 0 N–H and O–H groups in total. The van der Waals surface area contributed by atoms with Gasteiger partial charge in [-0.1, -0.05) is 13.0 Å². The zero-order chi connectivity index (χ0) is 18.4. The zero-order valence-electron chi connectivity index (χ0n) is 14.3. The van der Waals surface area contributed by atoms with Gasteiger partial charge in [0.1, 0.15) is 9.10 Å². The molecule has 1 saturated heterocycles. The van der Waals surface area contributed by atoms with E-state index in [2.05, 4.69) is 5.10 Å². The largest absolute Gasteiger partial charge is 0.292 e. The van der Waals surface area contributed by atoms with Crippen LogP contribution in [0.3, 0.4) is 0 Å². The number of sulfonamides is 1. The molecule has 0 radical (unpaired) electrons. The molecule has 25 heavy (non-hydrogen) atoms. The summed E-state index contributed by atoms with van der Waals surface area (Å²) >= 11 is 1.08. The van der Waals surface area contributed by atoms with Gasteiger partial charge in [-0.2, -0.15) is 21.9 Å². The first kappa shape index (κ1) is 18.6. The molecule has 3 rings (SSSR count). The van der Waals surface area contributed by atoms with Crippen molar-refractivity contribution in [3.05, 3.63) is 28.9 Å². The van der Waals surface area contributed by atoms with Gasteiger partial charge in [0.05, 0.1) is 11.4 Å². The summed E-state index contributed by atoms with van der Waals surface area (Å²) in [6.45, 7) is 5.95. The van der Waals surface area contributed by atoms with Gasteiger partial charge in [0, 0.05) is 13.1 Å².